The van der Waals surface area contributed by atoms with Crippen LogP contribution in [0.1, 0.15) is 30.9 Å². The third kappa shape index (κ3) is 4.98. The van der Waals surface area contributed by atoms with Gasteiger partial charge >= 0.3 is 6.09 Å². The molecule has 1 aliphatic heterocycles. The molecule has 0 saturated carbocycles. The maximum absolute atomic E-state index is 13.1. The van der Waals surface area contributed by atoms with E-state index in [1.807, 2.05) is 44.2 Å². The number of allylic oxidation sites excluding steroid dienone is 2. The second-order valence-corrected chi connectivity index (χ2v) is 9.70. The molecule has 0 unspecified atom stereocenters. The van der Waals surface area contributed by atoms with Crippen LogP contribution >= 0.6 is 0 Å². The van der Waals surface area contributed by atoms with Crippen molar-refractivity contribution in [1.82, 2.24) is 4.90 Å². The summed E-state index contributed by atoms with van der Waals surface area (Å²) < 4.78 is 17.0. The molecule has 2 aromatic rings. The third-order valence-electron chi connectivity index (χ3n) is 7.04. The van der Waals surface area contributed by atoms with Crippen LogP contribution in [0.25, 0.3) is 0 Å². The average Bonchev–Trinajstić information content (AvgIpc) is 2.95. The van der Waals surface area contributed by atoms with E-state index in [0.717, 1.165) is 5.56 Å². The fraction of sp³-hybridized carbons (Fsp3) is 0.333. The molecule has 1 amide bonds. The van der Waals surface area contributed by atoms with Crippen molar-refractivity contribution in [1.29, 1.82) is 15.8 Å². The first-order valence-electron chi connectivity index (χ1n) is 12.5. The summed E-state index contributed by atoms with van der Waals surface area (Å²) in [6, 6.07) is 20.9. The molecule has 0 spiro atoms. The normalized spacial score (nSPS) is 19.6. The summed E-state index contributed by atoms with van der Waals surface area (Å²) in [6.45, 7) is 4.18. The molecule has 9 nitrogen and oxygen atoms in total. The minimum absolute atomic E-state index is 0.0928. The van der Waals surface area contributed by atoms with E-state index in [4.69, 9.17) is 19.9 Å². The molecule has 4 rings (SSSR count). The predicted octanol–water partition coefficient (Wildman–Crippen LogP) is 4.54. The van der Waals surface area contributed by atoms with E-state index in [9.17, 15) is 20.6 Å². The number of carbonyl (C=O) groups excluding carboxylic acids is 1. The van der Waals surface area contributed by atoms with Gasteiger partial charge in [-0.25, -0.2) is 4.79 Å². The summed E-state index contributed by atoms with van der Waals surface area (Å²) >= 11 is 0. The van der Waals surface area contributed by atoms with Gasteiger partial charge in [-0.1, -0.05) is 42.5 Å². The fourth-order valence-electron chi connectivity index (χ4n) is 5.25. The van der Waals surface area contributed by atoms with Gasteiger partial charge in [0.2, 0.25) is 0 Å². The Hall–Kier alpha value is -4.94. The quantitative estimate of drug-likeness (QED) is 0.581. The Kier molecular flexibility index (Phi) is 7.79. The van der Waals surface area contributed by atoms with E-state index >= 15 is 0 Å². The number of amides is 1. The molecule has 1 heterocycles. The van der Waals surface area contributed by atoms with Crippen LogP contribution in [0.4, 0.5) is 4.79 Å². The smallest absolute Gasteiger partial charge is 0.410 e. The number of nitrogens with zero attached hydrogens (tertiary/aromatic N) is 4. The van der Waals surface area contributed by atoms with Crippen molar-refractivity contribution < 1.29 is 19.0 Å². The number of ether oxygens (including phenoxy) is 3. The Morgan fingerprint density at radius 3 is 2.46 bits per heavy atom. The number of fused-ring (bicyclic) bond motifs is 1. The lowest BCUT2D eigenvalue weighted by atomic mass is 9.58. The Morgan fingerprint density at radius 1 is 1.13 bits per heavy atom. The molecule has 0 radical (unpaired) electrons. The van der Waals surface area contributed by atoms with Gasteiger partial charge in [0, 0.05) is 24.9 Å². The van der Waals surface area contributed by atoms with E-state index in [1.165, 1.54) is 12.0 Å². The molecule has 0 aromatic heterocycles. The number of methoxy groups -OCH3 is 1. The van der Waals surface area contributed by atoms with Gasteiger partial charge in [0.25, 0.3) is 0 Å². The van der Waals surface area contributed by atoms with Crippen molar-refractivity contribution in [3.05, 3.63) is 82.6 Å². The van der Waals surface area contributed by atoms with Crippen LogP contribution in [-0.4, -0.2) is 37.3 Å². The van der Waals surface area contributed by atoms with Gasteiger partial charge in [0.1, 0.15) is 12.7 Å². The minimum atomic E-state index is -1.85. The first-order valence-corrected chi connectivity index (χ1v) is 12.5. The van der Waals surface area contributed by atoms with Gasteiger partial charge in [0.15, 0.2) is 16.9 Å². The second kappa shape index (κ2) is 11.2. The van der Waals surface area contributed by atoms with Gasteiger partial charge < -0.3 is 24.8 Å². The van der Waals surface area contributed by atoms with Gasteiger partial charge in [-0.15, -0.1) is 0 Å². The van der Waals surface area contributed by atoms with Crippen LogP contribution in [0, 0.1) is 45.3 Å². The molecule has 2 aliphatic rings. The molecular weight excluding hydrogens is 494 g/mol. The molecule has 39 heavy (non-hydrogen) atoms. The summed E-state index contributed by atoms with van der Waals surface area (Å²) in [5.74, 6) is -0.441. The standard InChI is InChI=1S/C30H29N5O4/c1-19(2)39-26-13-21(9-10-25(26)37-3)27-24-15-35(29(36)38-16-20-7-5-4-6-8-20)12-11-22(24)23(14-31)28(34)30(27,17-32)18-33/h4-11,13,19,24,27H,12,15-16,34H2,1-3H3/t24-,27+/m1/s1. The highest BCUT2D eigenvalue weighted by Crippen LogP contribution is 2.55. The van der Waals surface area contributed by atoms with Crippen LogP contribution < -0.4 is 15.2 Å². The van der Waals surface area contributed by atoms with Crippen LogP contribution in [0.5, 0.6) is 11.5 Å². The molecule has 9 heteroatoms. The summed E-state index contributed by atoms with van der Waals surface area (Å²) in [4.78, 5) is 14.6. The molecule has 2 N–H and O–H groups in total. The van der Waals surface area contributed by atoms with Crippen molar-refractivity contribution >= 4 is 6.09 Å². The van der Waals surface area contributed by atoms with Crippen LogP contribution in [-0.2, 0) is 11.3 Å². The van der Waals surface area contributed by atoms with E-state index in [2.05, 4.69) is 18.2 Å². The number of hydrogen-bond acceptors (Lipinski definition) is 8. The van der Waals surface area contributed by atoms with Gasteiger partial charge in [-0.2, -0.15) is 15.8 Å². The van der Waals surface area contributed by atoms with Gasteiger partial charge in [0.05, 0.1) is 36.6 Å². The summed E-state index contributed by atoms with van der Waals surface area (Å²) in [7, 11) is 1.53. The first kappa shape index (κ1) is 27.1. The Balaban J connectivity index is 1.78. The molecule has 0 saturated heterocycles. The van der Waals surface area contributed by atoms with Gasteiger partial charge in [-0.3, -0.25) is 0 Å². The maximum Gasteiger partial charge on any atom is 0.410 e. The second-order valence-electron chi connectivity index (χ2n) is 9.70. The van der Waals surface area contributed by atoms with Crippen LogP contribution in [0.3, 0.4) is 0 Å². The van der Waals surface area contributed by atoms with Crippen LogP contribution in [0.15, 0.2) is 71.5 Å². The molecule has 1 aliphatic carbocycles. The predicted molar refractivity (Wildman–Crippen MR) is 142 cm³/mol. The first-order chi connectivity index (χ1) is 18.8. The Labute approximate surface area is 227 Å². The number of carbonyl (C=O) groups is 1. The summed E-state index contributed by atoms with van der Waals surface area (Å²) in [5, 5.41) is 30.7. The van der Waals surface area contributed by atoms with E-state index < -0.39 is 23.3 Å². The molecule has 198 valence electrons. The van der Waals surface area contributed by atoms with Crippen LogP contribution in [0.2, 0.25) is 0 Å². The van der Waals surface area contributed by atoms with Crippen molar-refractivity contribution in [3.63, 3.8) is 0 Å². The molecule has 0 fully saturated rings. The number of nitrogens with two attached hydrogens (primary N) is 1. The maximum atomic E-state index is 13.1. The lowest BCUT2D eigenvalue weighted by molar-refractivity contribution is 0.0898. The molecule has 0 bridgehead atoms. The van der Waals surface area contributed by atoms with Crippen molar-refractivity contribution in [3.8, 4) is 29.7 Å². The van der Waals surface area contributed by atoms with Crippen molar-refractivity contribution in [2.24, 2.45) is 17.1 Å². The Bertz CT molecular complexity index is 1430. The zero-order chi connectivity index (χ0) is 28.2. The van der Waals surface area contributed by atoms with E-state index in [1.54, 1.807) is 24.3 Å². The lowest BCUT2D eigenvalue weighted by Crippen LogP contribution is -2.49. The summed E-state index contributed by atoms with van der Waals surface area (Å²) in [6.07, 6.45) is 1.06. The molecular formula is C30H29N5O4. The van der Waals surface area contributed by atoms with E-state index in [-0.39, 0.29) is 37.1 Å². The number of benzene rings is 2. The van der Waals surface area contributed by atoms with Crippen molar-refractivity contribution in [2.45, 2.75) is 32.5 Å². The SMILES string of the molecule is COc1ccc([C@H]2[C@@H]3CN(C(=O)OCc4ccccc4)CC=C3C(C#N)=C(N)C2(C#N)C#N)cc1OC(C)C. The molecule has 2 atom stereocenters. The number of hydrogen-bond donors (Lipinski definition) is 1. The molecule has 2 aromatic carbocycles. The highest BCUT2D eigenvalue weighted by molar-refractivity contribution is 5.69. The zero-order valence-corrected chi connectivity index (χ0v) is 22.0. The number of nitriles is 3. The number of rotatable bonds is 6. The zero-order valence-electron chi connectivity index (χ0n) is 22.0. The van der Waals surface area contributed by atoms with Crippen molar-refractivity contribution in [2.75, 3.05) is 20.2 Å². The monoisotopic (exact) mass is 523 g/mol. The summed E-state index contributed by atoms with van der Waals surface area (Å²) in [5.41, 5.74) is 6.63. The highest BCUT2D eigenvalue weighted by atomic mass is 16.6. The lowest BCUT2D eigenvalue weighted by Gasteiger charge is -2.45. The minimum Gasteiger partial charge on any atom is -0.493 e. The fourth-order valence-corrected chi connectivity index (χ4v) is 5.25. The largest absolute Gasteiger partial charge is 0.493 e. The Morgan fingerprint density at radius 2 is 1.85 bits per heavy atom. The van der Waals surface area contributed by atoms with E-state index in [0.29, 0.717) is 22.6 Å². The van der Waals surface area contributed by atoms with Gasteiger partial charge in [-0.05, 0) is 42.7 Å². The third-order valence-corrected chi connectivity index (χ3v) is 7.04. The average molecular weight is 524 g/mol. The highest BCUT2D eigenvalue weighted by Gasteiger charge is 2.55. The topological polar surface area (TPSA) is 145 Å².